The molecule has 10 nitrogen and oxygen atoms in total. The molecule has 3 rings (SSSR count). The van der Waals surface area contributed by atoms with E-state index in [9.17, 15) is 29.8 Å². The van der Waals surface area contributed by atoms with Gasteiger partial charge in [-0.1, -0.05) is 18.2 Å². The summed E-state index contributed by atoms with van der Waals surface area (Å²) in [5.41, 5.74) is 0.499. The van der Waals surface area contributed by atoms with Crippen molar-refractivity contribution in [1.82, 2.24) is 0 Å². The zero-order valence-corrected chi connectivity index (χ0v) is 15.3. The Balaban J connectivity index is 1.73. The maximum absolute atomic E-state index is 12.4. The summed E-state index contributed by atoms with van der Waals surface area (Å²) in [6.07, 6.45) is 0. The molecule has 0 saturated carbocycles. The molecule has 3 aromatic rings. The van der Waals surface area contributed by atoms with E-state index < -0.39 is 21.7 Å². The number of nitro benzene ring substituents is 2. The molecular weight excluding hydrogens is 392 g/mol. The van der Waals surface area contributed by atoms with Gasteiger partial charge in [0.1, 0.15) is 0 Å². The van der Waals surface area contributed by atoms with Crippen molar-refractivity contribution >= 4 is 34.6 Å². The molecule has 0 aliphatic carbocycles. The third-order valence-corrected chi connectivity index (χ3v) is 4.02. The van der Waals surface area contributed by atoms with Crippen LogP contribution in [-0.2, 0) is 0 Å². The molecule has 0 radical (unpaired) electrons. The van der Waals surface area contributed by atoms with Crippen molar-refractivity contribution in [3.63, 3.8) is 0 Å². The maximum atomic E-state index is 12.4. The SMILES string of the molecule is O=C(Nc1cccc(NC(=O)c2cccc([N+](=O)[O-])c2)c1)c1cccc([N+](=O)[O-])c1. The third kappa shape index (κ3) is 4.81. The summed E-state index contributed by atoms with van der Waals surface area (Å²) >= 11 is 0. The van der Waals surface area contributed by atoms with Gasteiger partial charge < -0.3 is 10.6 Å². The topological polar surface area (TPSA) is 144 Å². The molecule has 30 heavy (non-hydrogen) atoms. The molecule has 2 amide bonds. The van der Waals surface area contributed by atoms with Crippen molar-refractivity contribution in [2.45, 2.75) is 0 Å². The third-order valence-electron chi connectivity index (χ3n) is 4.02. The van der Waals surface area contributed by atoms with Crippen LogP contribution in [0, 0.1) is 20.2 Å². The van der Waals surface area contributed by atoms with Crippen LogP contribution in [0.5, 0.6) is 0 Å². The number of carbonyl (C=O) groups is 2. The number of nitrogens with one attached hydrogen (secondary N) is 2. The maximum Gasteiger partial charge on any atom is 0.270 e. The molecule has 0 aromatic heterocycles. The van der Waals surface area contributed by atoms with Gasteiger partial charge in [0, 0.05) is 46.8 Å². The van der Waals surface area contributed by atoms with Crippen LogP contribution < -0.4 is 10.6 Å². The van der Waals surface area contributed by atoms with Crippen molar-refractivity contribution in [3.8, 4) is 0 Å². The lowest BCUT2D eigenvalue weighted by Crippen LogP contribution is -2.14. The molecule has 0 fully saturated rings. The number of non-ortho nitro benzene ring substituents is 2. The van der Waals surface area contributed by atoms with Gasteiger partial charge in [0.15, 0.2) is 0 Å². The zero-order valence-electron chi connectivity index (χ0n) is 15.3. The highest BCUT2D eigenvalue weighted by Gasteiger charge is 2.14. The average Bonchev–Trinajstić information content (AvgIpc) is 2.74. The second kappa shape index (κ2) is 8.61. The number of nitrogens with zero attached hydrogens (tertiary/aromatic N) is 2. The van der Waals surface area contributed by atoms with Crippen molar-refractivity contribution in [2.24, 2.45) is 0 Å². The summed E-state index contributed by atoms with van der Waals surface area (Å²) in [6.45, 7) is 0. The molecule has 0 aliphatic heterocycles. The molecular formula is C20H14N4O6. The highest BCUT2D eigenvalue weighted by atomic mass is 16.6. The van der Waals surface area contributed by atoms with Gasteiger partial charge in [-0.05, 0) is 30.3 Å². The van der Waals surface area contributed by atoms with Crippen molar-refractivity contribution in [3.05, 3.63) is 104 Å². The van der Waals surface area contributed by atoms with Gasteiger partial charge in [-0.15, -0.1) is 0 Å². The van der Waals surface area contributed by atoms with E-state index in [4.69, 9.17) is 0 Å². The van der Waals surface area contributed by atoms with Crippen LogP contribution in [0.4, 0.5) is 22.7 Å². The Labute approximate surface area is 169 Å². The predicted molar refractivity (Wildman–Crippen MR) is 109 cm³/mol. The smallest absolute Gasteiger partial charge is 0.270 e. The van der Waals surface area contributed by atoms with Crippen molar-refractivity contribution < 1.29 is 19.4 Å². The second-order valence-electron chi connectivity index (χ2n) is 6.10. The van der Waals surface area contributed by atoms with E-state index in [0.29, 0.717) is 11.4 Å². The fourth-order valence-corrected chi connectivity index (χ4v) is 2.60. The first-order valence-corrected chi connectivity index (χ1v) is 8.55. The molecule has 0 bridgehead atoms. The molecule has 10 heteroatoms. The monoisotopic (exact) mass is 406 g/mol. The molecule has 0 saturated heterocycles. The zero-order chi connectivity index (χ0) is 21.7. The first-order valence-electron chi connectivity index (χ1n) is 8.55. The van der Waals surface area contributed by atoms with Gasteiger partial charge in [0.2, 0.25) is 0 Å². The van der Waals surface area contributed by atoms with Crippen LogP contribution in [0.25, 0.3) is 0 Å². The van der Waals surface area contributed by atoms with E-state index in [1.54, 1.807) is 18.2 Å². The Morgan fingerprint density at radius 2 is 1.03 bits per heavy atom. The highest BCUT2D eigenvalue weighted by molar-refractivity contribution is 6.06. The standard InChI is InChI=1S/C20H14N4O6/c25-19(13-4-1-8-17(10-13)23(27)28)21-15-6-3-7-16(12-15)22-20(26)14-5-2-9-18(11-14)24(29)30/h1-12H,(H,21,25)(H,22,26). The van der Waals surface area contributed by atoms with Gasteiger partial charge in [-0.3, -0.25) is 29.8 Å². The Hall–Kier alpha value is -4.60. The van der Waals surface area contributed by atoms with Crippen LogP contribution in [0.2, 0.25) is 0 Å². The number of hydrogen-bond donors (Lipinski definition) is 2. The van der Waals surface area contributed by atoms with Crippen molar-refractivity contribution in [2.75, 3.05) is 10.6 Å². The minimum atomic E-state index is -0.596. The van der Waals surface area contributed by atoms with Gasteiger partial charge in [-0.2, -0.15) is 0 Å². The summed E-state index contributed by atoms with van der Waals surface area (Å²) in [4.78, 5) is 45.2. The van der Waals surface area contributed by atoms with Gasteiger partial charge >= 0.3 is 0 Å². The summed E-state index contributed by atoms with van der Waals surface area (Å²) in [5.74, 6) is -1.11. The van der Waals surface area contributed by atoms with Gasteiger partial charge in [0.05, 0.1) is 9.85 Å². The van der Waals surface area contributed by atoms with Gasteiger partial charge in [0.25, 0.3) is 23.2 Å². The minimum Gasteiger partial charge on any atom is -0.322 e. The summed E-state index contributed by atoms with van der Waals surface area (Å²) in [6, 6.07) is 16.8. The van der Waals surface area contributed by atoms with Crippen LogP contribution in [0.1, 0.15) is 20.7 Å². The van der Waals surface area contributed by atoms with Gasteiger partial charge in [-0.25, -0.2) is 0 Å². The molecule has 0 aliphatic rings. The quantitative estimate of drug-likeness (QED) is 0.467. The Morgan fingerprint density at radius 1 is 0.633 bits per heavy atom. The number of rotatable bonds is 6. The lowest BCUT2D eigenvalue weighted by atomic mass is 10.1. The molecule has 3 aromatic carbocycles. The molecule has 2 N–H and O–H groups in total. The van der Waals surface area contributed by atoms with E-state index in [-0.39, 0.29) is 22.5 Å². The fourth-order valence-electron chi connectivity index (χ4n) is 2.60. The Kier molecular flexibility index (Phi) is 5.78. The van der Waals surface area contributed by atoms with E-state index >= 15 is 0 Å². The average molecular weight is 406 g/mol. The Morgan fingerprint density at radius 3 is 1.43 bits per heavy atom. The predicted octanol–water partition coefficient (Wildman–Crippen LogP) is 4.01. The van der Waals surface area contributed by atoms with Crippen LogP contribution in [0.3, 0.4) is 0 Å². The van der Waals surface area contributed by atoms with Crippen LogP contribution >= 0.6 is 0 Å². The number of anilines is 2. The molecule has 0 spiro atoms. The van der Waals surface area contributed by atoms with Crippen LogP contribution in [0.15, 0.2) is 72.8 Å². The normalized spacial score (nSPS) is 10.1. The number of amides is 2. The molecule has 0 unspecified atom stereocenters. The second-order valence-corrected chi connectivity index (χ2v) is 6.10. The van der Waals surface area contributed by atoms with Crippen LogP contribution in [-0.4, -0.2) is 21.7 Å². The van der Waals surface area contributed by atoms with E-state index in [0.717, 1.165) is 12.1 Å². The molecule has 0 heterocycles. The molecule has 0 atom stereocenters. The first kappa shape index (κ1) is 20.1. The Bertz CT molecular complexity index is 1070. The number of carbonyl (C=O) groups excluding carboxylic acids is 2. The summed E-state index contributed by atoms with van der Waals surface area (Å²) in [5, 5.41) is 26.9. The minimum absolute atomic E-state index is 0.107. The first-order chi connectivity index (χ1) is 14.3. The molecule has 150 valence electrons. The van der Waals surface area contributed by atoms with Crippen molar-refractivity contribution in [1.29, 1.82) is 0 Å². The summed E-state index contributed by atoms with van der Waals surface area (Å²) in [7, 11) is 0. The van der Waals surface area contributed by atoms with E-state index in [2.05, 4.69) is 10.6 Å². The number of benzene rings is 3. The van der Waals surface area contributed by atoms with E-state index in [1.165, 1.54) is 42.5 Å². The summed E-state index contributed by atoms with van der Waals surface area (Å²) < 4.78 is 0. The lowest BCUT2D eigenvalue weighted by molar-refractivity contribution is -0.385. The highest BCUT2D eigenvalue weighted by Crippen LogP contribution is 2.20. The van der Waals surface area contributed by atoms with E-state index in [1.807, 2.05) is 0 Å². The number of hydrogen-bond acceptors (Lipinski definition) is 6. The largest absolute Gasteiger partial charge is 0.322 e. The lowest BCUT2D eigenvalue weighted by Gasteiger charge is -2.09. The fraction of sp³-hybridized carbons (Fsp3) is 0. The number of nitro groups is 2.